The number of rotatable bonds is 8. The molecule has 0 saturated heterocycles. The molecule has 1 N–H and O–H groups in total. The Morgan fingerprint density at radius 3 is 2.29 bits per heavy atom. The summed E-state index contributed by atoms with van der Waals surface area (Å²) in [6.45, 7) is 0.384. The minimum Gasteiger partial charge on any atom is -0.495 e. The van der Waals surface area contributed by atoms with Crippen LogP contribution in [-0.2, 0) is 11.4 Å². The summed E-state index contributed by atoms with van der Waals surface area (Å²) in [5, 5.41) is 3.85. The van der Waals surface area contributed by atoms with Crippen molar-refractivity contribution in [1.82, 2.24) is 0 Å². The van der Waals surface area contributed by atoms with Crippen molar-refractivity contribution in [3.63, 3.8) is 0 Å². The lowest BCUT2D eigenvalue weighted by molar-refractivity contribution is -0.111. The monoisotopic (exact) mass is 457 g/mol. The molecule has 5 nitrogen and oxygen atoms in total. The summed E-state index contributed by atoms with van der Waals surface area (Å²) in [7, 11) is 3.10. The van der Waals surface area contributed by atoms with Crippen LogP contribution in [0.25, 0.3) is 6.08 Å². The van der Waals surface area contributed by atoms with Crippen LogP contribution in [0.15, 0.2) is 66.7 Å². The van der Waals surface area contributed by atoms with E-state index in [4.69, 9.17) is 37.4 Å². The minimum atomic E-state index is -0.289. The molecule has 3 aromatic carbocycles. The third-order valence-electron chi connectivity index (χ3n) is 4.34. The van der Waals surface area contributed by atoms with Crippen molar-refractivity contribution in [3.8, 4) is 17.2 Å². The van der Waals surface area contributed by atoms with E-state index in [0.29, 0.717) is 39.6 Å². The van der Waals surface area contributed by atoms with Crippen molar-refractivity contribution in [2.75, 3.05) is 19.5 Å². The summed E-state index contributed by atoms with van der Waals surface area (Å²) >= 11 is 12.0. The predicted octanol–water partition coefficient (Wildman–Crippen LogP) is 6.24. The quantitative estimate of drug-likeness (QED) is 0.406. The van der Waals surface area contributed by atoms with Gasteiger partial charge in [-0.1, -0.05) is 41.4 Å². The number of ether oxygens (including phenoxy) is 3. The van der Waals surface area contributed by atoms with Gasteiger partial charge in [0.25, 0.3) is 0 Å². The molecule has 7 heteroatoms. The Kier molecular flexibility index (Phi) is 7.82. The van der Waals surface area contributed by atoms with Crippen LogP contribution in [0.3, 0.4) is 0 Å². The first kappa shape index (κ1) is 22.5. The third kappa shape index (κ3) is 6.41. The summed E-state index contributed by atoms with van der Waals surface area (Å²) in [6.07, 6.45) is 3.12. The zero-order valence-corrected chi connectivity index (χ0v) is 18.5. The van der Waals surface area contributed by atoms with Gasteiger partial charge in [-0.25, -0.2) is 0 Å². The van der Waals surface area contributed by atoms with Crippen molar-refractivity contribution < 1.29 is 19.0 Å². The van der Waals surface area contributed by atoms with Crippen LogP contribution in [0.1, 0.15) is 11.1 Å². The average molecular weight is 458 g/mol. The standard InChI is InChI=1S/C24H21Cl2NO4/c1-29-21-11-9-19(14-20(21)26)27-24(28)12-6-16-5-10-22(23(13-16)30-2)31-15-17-3-7-18(25)8-4-17/h3-14H,15H2,1-2H3,(H,27,28). The van der Waals surface area contributed by atoms with E-state index in [1.54, 1.807) is 43.5 Å². The van der Waals surface area contributed by atoms with E-state index in [1.165, 1.54) is 13.2 Å². The summed E-state index contributed by atoms with van der Waals surface area (Å²) in [4.78, 5) is 12.2. The molecule has 160 valence electrons. The predicted molar refractivity (Wildman–Crippen MR) is 124 cm³/mol. The molecule has 0 bridgehead atoms. The van der Waals surface area contributed by atoms with Gasteiger partial charge in [0.05, 0.1) is 19.2 Å². The molecule has 0 unspecified atom stereocenters. The van der Waals surface area contributed by atoms with E-state index in [9.17, 15) is 4.79 Å². The van der Waals surface area contributed by atoms with Crippen molar-refractivity contribution in [2.45, 2.75) is 6.61 Å². The second-order valence-electron chi connectivity index (χ2n) is 6.50. The van der Waals surface area contributed by atoms with E-state index < -0.39 is 0 Å². The summed E-state index contributed by atoms with van der Waals surface area (Å²) in [5.41, 5.74) is 2.35. The van der Waals surface area contributed by atoms with Crippen LogP contribution >= 0.6 is 23.2 Å². The first-order valence-corrected chi connectivity index (χ1v) is 10.1. The number of hydrogen-bond acceptors (Lipinski definition) is 4. The van der Waals surface area contributed by atoms with Crippen LogP contribution in [0, 0.1) is 0 Å². The summed E-state index contributed by atoms with van der Waals surface area (Å²) in [5.74, 6) is 1.43. The van der Waals surface area contributed by atoms with Crippen LogP contribution in [0.2, 0.25) is 10.0 Å². The number of nitrogens with one attached hydrogen (secondary N) is 1. The Labute approximate surface area is 191 Å². The fourth-order valence-electron chi connectivity index (χ4n) is 2.75. The number of halogens is 2. The highest BCUT2D eigenvalue weighted by Crippen LogP contribution is 2.30. The lowest BCUT2D eigenvalue weighted by atomic mass is 10.2. The molecule has 3 rings (SSSR count). The zero-order valence-electron chi connectivity index (χ0n) is 17.0. The van der Waals surface area contributed by atoms with E-state index in [2.05, 4.69) is 5.32 Å². The Morgan fingerprint density at radius 2 is 1.61 bits per heavy atom. The fourth-order valence-corrected chi connectivity index (χ4v) is 3.13. The molecule has 3 aromatic rings. The van der Waals surface area contributed by atoms with Gasteiger partial charge in [0, 0.05) is 16.8 Å². The second kappa shape index (κ2) is 10.8. The number of hydrogen-bond donors (Lipinski definition) is 1. The largest absolute Gasteiger partial charge is 0.495 e. The molecule has 0 aliphatic heterocycles. The fraction of sp³-hybridized carbons (Fsp3) is 0.125. The Hall–Kier alpha value is -3.15. The van der Waals surface area contributed by atoms with E-state index in [-0.39, 0.29) is 5.91 Å². The zero-order chi connectivity index (χ0) is 22.2. The molecule has 0 fully saturated rings. The topological polar surface area (TPSA) is 56.8 Å². The van der Waals surface area contributed by atoms with Gasteiger partial charge < -0.3 is 19.5 Å². The van der Waals surface area contributed by atoms with Crippen LogP contribution in [0.5, 0.6) is 17.2 Å². The average Bonchev–Trinajstić information content (AvgIpc) is 2.77. The van der Waals surface area contributed by atoms with Crippen molar-refractivity contribution in [3.05, 3.63) is 87.9 Å². The summed E-state index contributed by atoms with van der Waals surface area (Å²) in [6, 6.07) is 17.9. The Bertz CT molecular complexity index is 1080. The summed E-state index contributed by atoms with van der Waals surface area (Å²) < 4.78 is 16.4. The first-order chi connectivity index (χ1) is 15.0. The number of amides is 1. The first-order valence-electron chi connectivity index (χ1n) is 9.36. The van der Waals surface area contributed by atoms with Crippen molar-refractivity contribution >= 4 is 40.9 Å². The highest BCUT2D eigenvalue weighted by molar-refractivity contribution is 6.32. The smallest absolute Gasteiger partial charge is 0.248 e. The maximum absolute atomic E-state index is 12.2. The van der Waals surface area contributed by atoms with E-state index >= 15 is 0 Å². The van der Waals surface area contributed by atoms with Crippen LogP contribution < -0.4 is 19.5 Å². The molecular formula is C24H21Cl2NO4. The molecule has 0 radical (unpaired) electrons. The molecule has 31 heavy (non-hydrogen) atoms. The molecular weight excluding hydrogens is 437 g/mol. The van der Waals surface area contributed by atoms with Gasteiger partial charge >= 0.3 is 0 Å². The lowest BCUT2D eigenvalue weighted by Crippen LogP contribution is -2.07. The second-order valence-corrected chi connectivity index (χ2v) is 7.34. The maximum Gasteiger partial charge on any atom is 0.248 e. The maximum atomic E-state index is 12.2. The molecule has 0 heterocycles. The van der Waals surface area contributed by atoms with Gasteiger partial charge in [-0.15, -0.1) is 0 Å². The van der Waals surface area contributed by atoms with Gasteiger partial charge in [-0.05, 0) is 59.7 Å². The van der Waals surface area contributed by atoms with E-state index in [1.807, 2.05) is 30.3 Å². The number of carbonyl (C=O) groups is 1. The van der Waals surface area contributed by atoms with Gasteiger partial charge in [-0.3, -0.25) is 4.79 Å². The normalized spacial score (nSPS) is 10.7. The highest BCUT2D eigenvalue weighted by atomic mass is 35.5. The van der Waals surface area contributed by atoms with Crippen LogP contribution in [-0.4, -0.2) is 20.1 Å². The Morgan fingerprint density at radius 1 is 0.903 bits per heavy atom. The SMILES string of the molecule is COc1ccc(NC(=O)C=Cc2ccc(OCc3ccc(Cl)cc3)c(OC)c2)cc1Cl. The van der Waals surface area contributed by atoms with Gasteiger partial charge in [0.15, 0.2) is 11.5 Å². The van der Waals surface area contributed by atoms with Gasteiger partial charge in [0.2, 0.25) is 5.91 Å². The van der Waals surface area contributed by atoms with Gasteiger partial charge in [-0.2, -0.15) is 0 Å². The van der Waals surface area contributed by atoms with Crippen LogP contribution in [0.4, 0.5) is 5.69 Å². The third-order valence-corrected chi connectivity index (χ3v) is 4.89. The number of anilines is 1. The molecule has 1 amide bonds. The number of carbonyl (C=O) groups excluding carboxylic acids is 1. The number of benzene rings is 3. The Balaban J connectivity index is 1.63. The highest BCUT2D eigenvalue weighted by Gasteiger charge is 2.07. The number of methoxy groups -OCH3 is 2. The minimum absolute atomic E-state index is 0.289. The van der Waals surface area contributed by atoms with Gasteiger partial charge in [0.1, 0.15) is 12.4 Å². The molecule has 0 aliphatic carbocycles. The van der Waals surface area contributed by atoms with Crippen molar-refractivity contribution in [2.24, 2.45) is 0 Å². The molecule has 0 aromatic heterocycles. The molecule has 0 aliphatic rings. The molecule has 0 atom stereocenters. The molecule has 0 spiro atoms. The van der Waals surface area contributed by atoms with Crippen molar-refractivity contribution in [1.29, 1.82) is 0 Å². The lowest BCUT2D eigenvalue weighted by Gasteiger charge is -2.11. The molecule has 0 saturated carbocycles. The van der Waals surface area contributed by atoms with E-state index in [0.717, 1.165) is 11.1 Å².